The van der Waals surface area contributed by atoms with Crippen LogP contribution in [0.2, 0.25) is 0 Å². The minimum absolute atomic E-state index is 0.499. The summed E-state index contributed by atoms with van der Waals surface area (Å²) < 4.78 is 0. The molecule has 120 valence electrons. The van der Waals surface area contributed by atoms with E-state index in [1.807, 2.05) is 0 Å². The summed E-state index contributed by atoms with van der Waals surface area (Å²) in [5, 5.41) is 3.60. The number of nitrogens with one attached hydrogen (secondary N) is 1. The molecule has 0 radical (unpaired) electrons. The van der Waals surface area contributed by atoms with Gasteiger partial charge >= 0.3 is 0 Å². The fourth-order valence-electron chi connectivity index (χ4n) is 3.85. The third-order valence-corrected chi connectivity index (χ3v) is 5.38. The Labute approximate surface area is 128 Å². The Morgan fingerprint density at radius 1 is 1.10 bits per heavy atom. The Kier molecular flexibility index (Phi) is 7.58. The van der Waals surface area contributed by atoms with Gasteiger partial charge in [0.1, 0.15) is 0 Å². The summed E-state index contributed by atoms with van der Waals surface area (Å²) in [7, 11) is 0. The molecule has 0 aromatic heterocycles. The Morgan fingerprint density at radius 3 is 2.35 bits per heavy atom. The van der Waals surface area contributed by atoms with Crippen LogP contribution in [0, 0.1) is 29.1 Å². The molecule has 1 N–H and O–H groups in total. The normalized spacial score (nSPS) is 28.1. The summed E-state index contributed by atoms with van der Waals surface area (Å²) in [6, 6.07) is 0. The lowest BCUT2D eigenvalue weighted by Gasteiger charge is -2.42. The first-order chi connectivity index (χ1) is 9.34. The van der Waals surface area contributed by atoms with Gasteiger partial charge in [0, 0.05) is 0 Å². The molecule has 0 aromatic carbocycles. The van der Waals surface area contributed by atoms with Gasteiger partial charge in [0.05, 0.1) is 0 Å². The van der Waals surface area contributed by atoms with Gasteiger partial charge in [0.2, 0.25) is 0 Å². The number of hydrogen-bond donors (Lipinski definition) is 1. The first kappa shape index (κ1) is 18.0. The maximum Gasteiger partial charge on any atom is -0.00180 e. The summed E-state index contributed by atoms with van der Waals surface area (Å²) in [5.74, 6) is 3.69. The van der Waals surface area contributed by atoms with E-state index in [1.54, 1.807) is 0 Å². The molecular weight excluding hydrogens is 242 g/mol. The molecule has 1 heteroatoms. The maximum atomic E-state index is 3.60. The fraction of sp³-hybridized carbons (Fsp3) is 1.00. The summed E-state index contributed by atoms with van der Waals surface area (Å²) >= 11 is 0. The number of rotatable bonds is 7. The van der Waals surface area contributed by atoms with Gasteiger partial charge in [-0.3, -0.25) is 0 Å². The zero-order valence-corrected chi connectivity index (χ0v) is 15.0. The highest BCUT2D eigenvalue weighted by Gasteiger charge is 2.35. The second-order valence-electron chi connectivity index (χ2n) is 8.53. The van der Waals surface area contributed by atoms with E-state index in [0.717, 1.165) is 30.2 Å². The first-order valence-corrected chi connectivity index (χ1v) is 9.05. The Bertz CT molecular complexity index is 251. The molecule has 1 fully saturated rings. The van der Waals surface area contributed by atoms with E-state index in [4.69, 9.17) is 0 Å². The van der Waals surface area contributed by atoms with Gasteiger partial charge in [-0.15, -0.1) is 0 Å². The molecule has 0 spiro atoms. The van der Waals surface area contributed by atoms with Crippen molar-refractivity contribution in [2.75, 3.05) is 13.1 Å². The van der Waals surface area contributed by atoms with E-state index in [1.165, 1.54) is 45.1 Å². The van der Waals surface area contributed by atoms with Gasteiger partial charge in [-0.05, 0) is 61.4 Å². The summed E-state index contributed by atoms with van der Waals surface area (Å²) in [4.78, 5) is 0. The van der Waals surface area contributed by atoms with Crippen LogP contribution in [0.3, 0.4) is 0 Å². The minimum Gasteiger partial charge on any atom is -0.317 e. The number of hydrogen-bond acceptors (Lipinski definition) is 1. The smallest absolute Gasteiger partial charge is 0.00180 e. The van der Waals surface area contributed by atoms with E-state index in [0.29, 0.717) is 5.41 Å². The SMILES string of the molecule is CCNCC1CCC(C(C)(C)C)CC1CCCC(C)C. The van der Waals surface area contributed by atoms with E-state index in [9.17, 15) is 0 Å². The molecule has 1 saturated carbocycles. The Hall–Kier alpha value is -0.0400. The van der Waals surface area contributed by atoms with Crippen LogP contribution in [0.1, 0.15) is 80.1 Å². The van der Waals surface area contributed by atoms with Gasteiger partial charge < -0.3 is 5.32 Å². The van der Waals surface area contributed by atoms with Crippen molar-refractivity contribution in [3.8, 4) is 0 Å². The van der Waals surface area contributed by atoms with Crippen LogP contribution < -0.4 is 5.32 Å². The van der Waals surface area contributed by atoms with E-state index in [-0.39, 0.29) is 0 Å². The molecule has 1 nitrogen and oxygen atoms in total. The third-order valence-electron chi connectivity index (χ3n) is 5.38. The third kappa shape index (κ3) is 6.16. The van der Waals surface area contributed by atoms with Crippen molar-refractivity contribution in [1.29, 1.82) is 0 Å². The molecule has 3 atom stereocenters. The van der Waals surface area contributed by atoms with Crippen LogP contribution in [0.5, 0.6) is 0 Å². The molecule has 1 aliphatic carbocycles. The molecule has 0 amide bonds. The lowest BCUT2D eigenvalue weighted by atomic mass is 9.64. The summed E-state index contributed by atoms with van der Waals surface area (Å²) in [6.45, 7) is 16.6. The first-order valence-electron chi connectivity index (χ1n) is 9.05. The second-order valence-corrected chi connectivity index (χ2v) is 8.53. The molecule has 0 saturated heterocycles. The van der Waals surface area contributed by atoms with Crippen molar-refractivity contribution in [2.45, 2.75) is 80.1 Å². The van der Waals surface area contributed by atoms with Crippen molar-refractivity contribution < 1.29 is 0 Å². The zero-order valence-electron chi connectivity index (χ0n) is 15.0. The largest absolute Gasteiger partial charge is 0.317 e. The highest BCUT2D eigenvalue weighted by Crippen LogP contribution is 2.44. The molecule has 0 bridgehead atoms. The lowest BCUT2D eigenvalue weighted by molar-refractivity contribution is 0.0908. The molecular formula is C19H39N. The highest BCUT2D eigenvalue weighted by atomic mass is 14.8. The molecule has 0 aromatic rings. The molecule has 1 aliphatic rings. The quantitative estimate of drug-likeness (QED) is 0.649. The van der Waals surface area contributed by atoms with E-state index < -0.39 is 0 Å². The monoisotopic (exact) mass is 281 g/mol. The van der Waals surface area contributed by atoms with Crippen LogP contribution in [-0.4, -0.2) is 13.1 Å². The van der Waals surface area contributed by atoms with Crippen LogP contribution >= 0.6 is 0 Å². The molecule has 0 aliphatic heterocycles. The van der Waals surface area contributed by atoms with Gasteiger partial charge in [-0.25, -0.2) is 0 Å². The zero-order chi connectivity index (χ0) is 15.2. The predicted molar refractivity (Wildman–Crippen MR) is 91.0 cm³/mol. The topological polar surface area (TPSA) is 12.0 Å². The van der Waals surface area contributed by atoms with Gasteiger partial charge in [0.25, 0.3) is 0 Å². The van der Waals surface area contributed by atoms with Gasteiger partial charge in [-0.1, -0.05) is 60.8 Å². The summed E-state index contributed by atoms with van der Waals surface area (Å²) in [5.41, 5.74) is 0.499. The minimum atomic E-state index is 0.499. The Balaban J connectivity index is 2.53. The van der Waals surface area contributed by atoms with Crippen LogP contribution in [0.4, 0.5) is 0 Å². The maximum absolute atomic E-state index is 3.60. The molecule has 0 heterocycles. The second kappa shape index (κ2) is 8.41. The van der Waals surface area contributed by atoms with Crippen molar-refractivity contribution in [3.05, 3.63) is 0 Å². The average Bonchev–Trinajstić information content (AvgIpc) is 2.35. The van der Waals surface area contributed by atoms with Crippen LogP contribution in [0.25, 0.3) is 0 Å². The molecule has 1 rings (SSSR count). The highest BCUT2D eigenvalue weighted by molar-refractivity contribution is 4.86. The Morgan fingerprint density at radius 2 is 1.80 bits per heavy atom. The standard InChI is InChI=1S/C19H39N/c1-7-20-14-17-11-12-18(19(4,5)6)13-16(17)10-8-9-15(2)3/h15-18,20H,7-14H2,1-6H3. The predicted octanol–water partition coefficient (Wildman–Crippen LogP) is 5.50. The van der Waals surface area contributed by atoms with Crippen molar-refractivity contribution in [2.24, 2.45) is 29.1 Å². The molecule has 3 unspecified atom stereocenters. The van der Waals surface area contributed by atoms with Crippen molar-refractivity contribution in [3.63, 3.8) is 0 Å². The fourth-order valence-corrected chi connectivity index (χ4v) is 3.85. The summed E-state index contributed by atoms with van der Waals surface area (Å²) in [6.07, 6.45) is 8.66. The van der Waals surface area contributed by atoms with Crippen molar-refractivity contribution >= 4 is 0 Å². The van der Waals surface area contributed by atoms with Crippen molar-refractivity contribution in [1.82, 2.24) is 5.32 Å². The van der Waals surface area contributed by atoms with E-state index in [2.05, 4.69) is 46.9 Å². The van der Waals surface area contributed by atoms with Crippen LogP contribution in [0.15, 0.2) is 0 Å². The van der Waals surface area contributed by atoms with Gasteiger partial charge in [-0.2, -0.15) is 0 Å². The van der Waals surface area contributed by atoms with Crippen LogP contribution in [-0.2, 0) is 0 Å². The van der Waals surface area contributed by atoms with Gasteiger partial charge in [0.15, 0.2) is 0 Å². The lowest BCUT2D eigenvalue weighted by Crippen LogP contribution is -2.36. The average molecular weight is 282 g/mol. The van der Waals surface area contributed by atoms with E-state index >= 15 is 0 Å². The molecule has 20 heavy (non-hydrogen) atoms.